The zero-order valence-corrected chi connectivity index (χ0v) is 11.0. The summed E-state index contributed by atoms with van der Waals surface area (Å²) in [7, 11) is 0. The molecule has 0 unspecified atom stereocenters. The molecule has 1 N–H and O–H groups in total. The van der Waals surface area contributed by atoms with Crippen LogP contribution in [0.5, 0.6) is 0 Å². The molecule has 0 radical (unpaired) electrons. The van der Waals surface area contributed by atoms with Gasteiger partial charge >= 0.3 is 0 Å². The molecule has 0 fully saturated rings. The molecule has 2 aromatic rings. The Bertz CT molecular complexity index is 569. The summed E-state index contributed by atoms with van der Waals surface area (Å²) in [5, 5.41) is 3.75. The van der Waals surface area contributed by atoms with E-state index in [1.54, 1.807) is 0 Å². The predicted molar refractivity (Wildman–Crippen MR) is 74.2 cm³/mol. The number of aromatic nitrogens is 1. The molecule has 1 amide bonds. The molecule has 1 aromatic carbocycles. The van der Waals surface area contributed by atoms with Gasteiger partial charge in [0.15, 0.2) is 0 Å². The van der Waals surface area contributed by atoms with Gasteiger partial charge in [-0.2, -0.15) is 0 Å². The first kappa shape index (κ1) is 12.8. The maximum Gasteiger partial charge on any atom is 0.252 e. The Morgan fingerprint density at radius 2 is 2.17 bits per heavy atom. The van der Waals surface area contributed by atoms with Crippen LogP contribution in [-0.4, -0.2) is 23.3 Å². The van der Waals surface area contributed by atoms with Gasteiger partial charge in [-0.3, -0.25) is 9.78 Å². The maximum atomic E-state index is 12.1. The van der Waals surface area contributed by atoms with Crippen LogP contribution in [0.3, 0.4) is 0 Å². The Morgan fingerprint density at radius 3 is 2.94 bits per heavy atom. The molecule has 0 bridgehead atoms. The Labute approximate surface area is 111 Å². The smallest absolute Gasteiger partial charge is 0.252 e. The number of benzene rings is 1. The number of fused-ring (bicyclic) bond motifs is 1. The first-order chi connectivity index (χ1) is 8.72. The first-order valence-electron chi connectivity index (χ1n) is 5.93. The summed E-state index contributed by atoms with van der Waals surface area (Å²) in [6.45, 7) is 2.49. The number of alkyl halides is 1. The van der Waals surface area contributed by atoms with Crippen molar-refractivity contribution >= 4 is 28.4 Å². The molecule has 0 saturated heterocycles. The second-order valence-electron chi connectivity index (χ2n) is 4.13. The van der Waals surface area contributed by atoms with Crippen LogP contribution < -0.4 is 5.32 Å². The molecular formula is C14H15ClN2O. The SMILES string of the molecule is Cc1cc(C(=O)NCCCCl)c2ccccc2n1. The van der Waals surface area contributed by atoms with Crippen molar-refractivity contribution in [2.75, 3.05) is 12.4 Å². The normalized spacial score (nSPS) is 10.6. The first-order valence-corrected chi connectivity index (χ1v) is 6.46. The van der Waals surface area contributed by atoms with Crippen molar-refractivity contribution in [3.63, 3.8) is 0 Å². The van der Waals surface area contributed by atoms with E-state index in [0.717, 1.165) is 23.0 Å². The third-order valence-electron chi connectivity index (χ3n) is 2.68. The van der Waals surface area contributed by atoms with Crippen LogP contribution in [0, 0.1) is 6.92 Å². The van der Waals surface area contributed by atoms with Crippen LogP contribution in [0.1, 0.15) is 22.5 Å². The fourth-order valence-electron chi connectivity index (χ4n) is 1.86. The summed E-state index contributed by atoms with van der Waals surface area (Å²) in [6, 6.07) is 9.48. The van der Waals surface area contributed by atoms with Gasteiger partial charge in [0, 0.05) is 23.5 Å². The molecule has 0 aliphatic carbocycles. The Kier molecular flexibility index (Phi) is 4.15. The zero-order valence-electron chi connectivity index (χ0n) is 10.2. The Morgan fingerprint density at radius 1 is 1.39 bits per heavy atom. The lowest BCUT2D eigenvalue weighted by atomic mass is 10.1. The highest BCUT2D eigenvalue weighted by molar-refractivity contribution is 6.17. The number of aryl methyl sites for hydroxylation is 1. The number of hydrogen-bond acceptors (Lipinski definition) is 2. The molecule has 2 rings (SSSR count). The van der Waals surface area contributed by atoms with E-state index >= 15 is 0 Å². The van der Waals surface area contributed by atoms with Crippen LogP contribution in [0.4, 0.5) is 0 Å². The van der Waals surface area contributed by atoms with E-state index in [-0.39, 0.29) is 5.91 Å². The predicted octanol–water partition coefficient (Wildman–Crippen LogP) is 2.90. The number of rotatable bonds is 4. The van der Waals surface area contributed by atoms with Crippen LogP contribution in [0.25, 0.3) is 10.9 Å². The van der Waals surface area contributed by atoms with Crippen LogP contribution in [-0.2, 0) is 0 Å². The van der Waals surface area contributed by atoms with Gasteiger partial charge in [-0.15, -0.1) is 11.6 Å². The van der Waals surface area contributed by atoms with Crippen molar-refractivity contribution < 1.29 is 4.79 Å². The molecule has 4 heteroatoms. The molecule has 94 valence electrons. The van der Waals surface area contributed by atoms with Gasteiger partial charge in [0.2, 0.25) is 0 Å². The minimum absolute atomic E-state index is 0.0678. The van der Waals surface area contributed by atoms with E-state index in [1.807, 2.05) is 37.3 Å². The number of nitrogens with zero attached hydrogens (tertiary/aromatic N) is 1. The monoisotopic (exact) mass is 262 g/mol. The minimum Gasteiger partial charge on any atom is -0.352 e. The van der Waals surface area contributed by atoms with E-state index in [1.165, 1.54) is 0 Å². The molecule has 0 aliphatic rings. The Balaban J connectivity index is 2.34. The van der Waals surface area contributed by atoms with Gasteiger partial charge in [0.05, 0.1) is 11.1 Å². The van der Waals surface area contributed by atoms with Gasteiger partial charge < -0.3 is 5.32 Å². The second kappa shape index (κ2) is 5.83. The molecule has 18 heavy (non-hydrogen) atoms. The molecule has 0 aliphatic heterocycles. The van der Waals surface area contributed by atoms with Gasteiger partial charge in [-0.05, 0) is 25.5 Å². The number of carbonyl (C=O) groups is 1. The van der Waals surface area contributed by atoms with Crippen molar-refractivity contribution in [2.24, 2.45) is 0 Å². The van der Waals surface area contributed by atoms with Crippen molar-refractivity contribution in [2.45, 2.75) is 13.3 Å². The van der Waals surface area contributed by atoms with E-state index in [0.29, 0.717) is 18.0 Å². The molecule has 1 heterocycles. The summed E-state index contributed by atoms with van der Waals surface area (Å²) in [4.78, 5) is 16.5. The van der Waals surface area contributed by atoms with Crippen molar-refractivity contribution in [1.29, 1.82) is 0 Å². The lowest BCUT2D eigenvalue weighted by molar-refractivity contribution is 0.0955. The van der Waals surface area contributed by atoms with Crippen molar-refractivity contribution in [1.82, 2.24) is 10.3 Å². The summed E-state index contributed by atoms with van der Waals surface area (Å²) in [6.07, 6.45) is 0.773. The Hall–Kier alpha value is -1.61. The molecule has 0 saturated carbocycles. The number of halogens is 1. The zero-order chi connectivity index (χ0) is 13.0. The van der Waals surface area contributed by atoms with Crippen molar-refractivity contribution in [3.05, 3.63) is 41.6 Å². The van der Waals surface area contributed by atoms with E-state index in [2.05, 4.69) is 10.3 Å². The van der Waals surface area contributed by atoms with Crippen LogP contribution in [0.2, 0.25) is 0 Å². The summed E-state index contributed by atoms with van der Waals surface area (Å²) in [5.41, 5.74) is 2.36. The summed E-state index contributed by atoms with van der Waals surface area (Å²) in [5.74, 6) is 0.484. The summed E-state index contributed by atoms with van der Waals surface area (Å²) >= 11 is 5.59. The fraction of sp³-hybridized carbons (Fsp3) is 0.286. The molecule has 1 aromatic heterocycles. The molecule has 0 atom stereocenters. The lowest BCUT2D eigenvalue weighted by Crippen LogP contribution is -2.25. The number of pyridine rings is 1. The number of carbonyl (C=O) groups excluding carboxylic acids is 1. The maximum absolute atomic E-state index is 12.1. The number of amides is 1. The van der Waals surface area contributed by atoms with Crippen molar-refractivity contribution in [3.8, 4) is 0 Å². The highest BCUT2D eigenvalue weighted by Crippen LogP contribution is 2.17. The quantitative estimate of drug-likeness (QED) is 0.680. The third-order valence-corrected chi connectivity index (χ3v) is 2.95. The molecule has 0 spiro atoms. The van der Waals surface area contributed by atoms with Crippen LogP contribution >= 0.6 is 11.6 Å². The average Bonchev–Trinajstić information content (AvgIpc) is 2.38. The van der Waals surface area contributed by atoms with E-state index in [4.69, 9.17) is 11.6 Å². The third kappa shape index (κ3) is 2.79. The number of hydrogen-bond donors (Lipinski definition) is 1. The summed E-state index contributed by atoms with van der Waals surface area (Å²) < 4.78 is 0. The standard InChI is InChI=1S/C14H15ClN2O/c1-10-9-12(14(18)16-8-4-7-15)11-5-2-3-6-13(11)17-10/h2-3,5-6,9H,4,7-8H2,1H3,(H,16,18). The fourth-order valence-corrected chi connectivity index (χ4v) is 1.99. The minimum atomic E-state index is -0.0678. The average molecular weight is 263 g/mol. The largest absolute Gasteiger partial charge is 0.352 e. The van der Waals surface area contributed by atoms with Gasteiger partial charge in [0.1, 0.15) is 0 Å². The lowest BCUT2D eigenvalue weighted by Gasteiger charge is -2.08. The van der Waals surface area contributed by atoms with Gasteiger partial charge in [-0.1, -0.05) is 18.2 Å². The number of nitrogens with one attached hydrogen (secondary N) is 1. The molecule has 3 nitrogen and oxygen atoms in total. The van der Waals surface area contributed by atoms with E-state index in [9.17, 15) is 4.79 Å². The highest BCUT2D eigenvalue weighted by atomic mass is 35.5. The molecular weight excluding hydrogens is 248 g/mol. The number of para-hydroxylation sites is 1. The van der Waals surface area contributed by atoms with Crippen LogP contribution in [0.15, 0.2) is 30.3 Å². The van der Waals surface area contributed by atoms with Gasteiger partial charge in [0.25, 0.3) is 5.91 Å². The highest BCUT2D eigenvalue weighted by Gasteiger charge is 2.10. The van der Waals surface area contributed by atoms with E-state index < -0.39 is 0 Å². The van der Waals surface area contributed by atoms with Gasteiger partial charge in [-0.25, -0.2) is 0 Å². The second-order valence-corrected chi connectivity index (χ2v) is 4.50. The topological polar surface area (TPSA) is 42.0 Å².